The van der Waals surface area contributed by atoms with E-state index in [1.807, 2.05) is 30.3 Å². The van der Waals surface area contributed by atoms with Crippen molar-refractivity contribution < 1.29 is 14.3 Å². The summed E-state index contributed by atoms with van der Waals surface area (Å²) in [4.78, 5) is 23.6. The van der Waals surface area contributed by atoms with Crippen LogP contribution in [0, 0.1) is 11.3 Å². The fraction of sp³-hybridized carbons (Fsp3) is 0.227. The van der Waals surface area contributed by atoms with Gasteiger partial charge in [0.25, 0.3) is 5.91 Å². The molecule has 0 unspecified atom stereocenters. The van der Waals surface area contributed by atoms with Crippen LogP contribution in [0.4, 0.5) is 5.69 Å². The van der Waals surface area contributed by atoms with Gasteiger partial charge >= 0.3 is 5.97 Å². The zero-order chi connectivity index (χ0) is 19.5. The van der Waals surface area contributed by atoms with Gasteiger partial charge in [0.15, 0.2) is 6.61 Å². The Hall–Kier alpha value is -3.39. The van der Waals surface area contributed by atoms with E-state index < -0.39 is 11.9 Å². The van der Waals surface area contributed by atoms with E-state index in [-0.39, 0.29) is 6.61 Å². The Morgan fingerprint density at radius 2 is 1.81 bits per heavy atom. The molecule has 2 aromatic rings. The number of ether oxygens (including phenoxy) is 1. The van der Waals surface area contributed by atoms with E-state index in [1.54, 1.807) is 30.3 Å². The van der Waals surface area contributed by atoms with Crippen molar-refractivity contribution in [2.24, 2.45) is 0 Å². The average molecular weight is 362 g/mol. The van der Waals surface area contributed by atoms with Gasteiger partial charge in [-0.15, -0.1) is 0 Å². The predicted molar refractivity (Wildman–Crippen MR) is 105 cm³/mol. The zero-order valence-electron chi connectivity index (χ0n) is 15.3. The third-order valence-electron chi connectivity index (χ3n) is 3.85. The predicted octanol–water partition coefficient (Wildman–Crippen LogP) is 4.10. The molecule has 0 saturated heterocycles. The molecule has 0 bridgehead atoms. The maximum atomic E-state index is 11.9. The van der Waals surface area contributed by atoms with E-state index in [4.69, 9.17) is 10.00 Å². The molecule has 1 N–H and O–H groups in total. The average Bonchev–Trinajstić information content (AvgIpc) is 2.70. The fourth-order valence-electron chi connectivity index (χ4n) is 2.35. The molecule has 2 aromatic carbocycles. The van der Waals surface area contributed by atoms with Crippen molar-refractivity contribution in [1.29, 1.82) is 5.26 Å². The van der Waals surface area contributed by atoms with E-state index in [0.29, 0.717) is 11.3 Å². The number of aryl methyl sites for hydroxylation is 1. The van der Waals surface area contributed by atoms with E-state index >= 15 is 0 Å². The number of carbonyl (C=O) groups excluding carboxylic acids is 2. The minimum atomic E-state index is -0.607. The Morgan fingerprint density at radius 1 is 1.11 bits per heavy atom. The Bertz CT molecular complexity index is 831. The number of hydrogen-bond acceptors (Lipinski definition) is 4. The second kappa shape index (κ2) is 10.6. The first-order valence-corrected chi connectivity index (χ1v) is 8.84. The van der Waals surface area contributed by atoms with Crippen LogP contribution >= 0.6 is 0 Å². The number of amides is 1. The fourth-order valence-corrected chi connectivity index (χ4v) is 2.35. The zero-order valence-corrected chi connectivity index (χ0v) is 15.3. The number of unbranched alkanes of at least 4 members (excludes halogenated alkanes) is 1. The molecule has 0 saturated carbocycles. The van der Waals surface area contributed by atoms with Crippen molar-refractivity contribution in [2.45, 2.75) is 26.2 Å². The van der Waals surface area contributed by atoms with Gasteiger partial charge in [0.05, 0.1) is 11.6 Å². The largest absolute Gasteiger partial charge is 0.452 e. The number of hydrogen-bond donors (Lipinski definition) is 1. The molecular weight excluding hydrogens is 340 g/mol. The number of carbonyl (C=O) groups is 2. The number of nitrogens with one attached hydrogen (secondary N) is 1. The van der Waals surface area contributed by atoms with Crippen molar-refractivity contribution >= 4 is 23.6 Å². The van der Waals surface area contributed by atoms with Crippen LogP contribution in [0.25, 0.3) is 6.08 Å². The topological polar surface area (TPSA) is 79.2 Å². The van der Waals surface area contributed by atoms with E-state index in [9.17, 15) is 9.59 Å². The molecule has 0 fully saturated rings. The minimum Gasteiger partial charge on any atom is -0.452 e. The summed E-state index contributed by atoms with van der Waals surface area (Å²) in [5.74, 6) is -0.999. The normalized spacial score (nSPS) is 10.4. The molecule has 27 heavy (non-hydrogen) atoms. The highest BCUT2D eigenvalue weighted by Gasteiger charge is 2.06. The Labute approximate surface area is 159 Å². The third-order valence-corrected chi connectivity index (χ3v) is 3.85. The van der Waals surface area contributed by atoms with Crippen molar-refractivity contribution in [3.8, 4) is 6.07 Å². The molecule has 0 spiro atoms. The first-order chi connectivity index (χ1) is 13.1. The Kier molecular flexibility index (Phi) is 7.80. The smallest absolute Gasteiger partial charge is 0.331 e. The van der Waals surface area contributed by atoms with Gasteiger partial charge in [-0.3, -0.25) is 4.79 Å². The number of nitriles is 1. The summed E-state index contributed by atoms with van der Waals surface area (Å²) in [5, 5.41) is 11.4. The van der Waals surface area contributed by atoms with Gasteiger partial charge in [0, 0.05) is 11.8 Å². The lowest BCUT2D eigenvalue weighted by atomic mass is 10.1. The van der Waals surface area contributed by atoms with E-state index in [0.717, 1.165) is 24.8 Å². The lowest BCUT2D eigenvalue weighted by molar-refractivity contribution is -0.142. The van der Waals surface area contributed by atoms with Crippen LogP contribution in [0.2, 0.25) is 0 Å². The molecule has 0 atom stereocenters. The summed E-state index contributed by atoms with van der Waals surface area (Å²) in [5.41, 5.74) is 3.21. The lowest BCUT2D eigenvalue weighted by Gasteiger charge is -2.06. The number of nitrogens with zero attached hydrogens (tertiary/aromatic N) is 1. The van der Waals surface area contributed by atoms with E-state index in [1.165, 1.54) is 11.6 Å². The van der Waals surface area contributed by atoms with Crippen LogP contribution in [-0.2, 0) is 20.7 Å². The molecule has 2 rings (SSSR count). The third kappa shape index (κ3) is 7.17. The Morgan fingerprint density at radius 3 is 2.44 bits per heavy atom. The second-order valence-corrected chi connectivity index (χ2v) is 6.02. The summed E-state index contributed by atoms with van der Waals surface area (Å²) in [6.07, 6.45) is 6.11. The molecule has 0 aromatic heterocycles. The quantitative estimate of drug-likeness (QED) is 0.566. The molecule has 0 heterocycles. The van der Waals surface area contributed by atoms with Gasteiger partial charge in [-0.1, -0.05) is 37.6 Å². The van der Waals surface area contributed by atoms with Gasteiger partial charge in [0.1, 0.15) is 0 Å². The molecular formula is C22H22N2O3. The van der Waals surface area contributed by atoms with Crippen molar-refractivity contribution in [3.05, 3.63) is 71.3 Å². The summed E-state index contributed by atoms with van der Waals surface area (Å²) < 4.78 is 4.93. The van der Waals surface area contributed by atoms with Crippen molar-refractivity contribution in [2.75, 3.05) is 11.9 Å². The monoisotopic (exact) mass is 362 g/mol. The van der Waals surface area contributed by atoms with Crippen LogP contribution in [0.3, 0.4) is 0 Å². The summed E-state index contributed by atoms with van der Waals surface area (Å²) >= 11 is 0. The van der Waals surface area contributed by atoms with Crippen LogP contribution in [-0.4, -0.2) is 18.5 Å². The first-order valence-electron chi connectivity index (χ1n) is 8.84. The van der Waals surface area contributed by atoms with Gasteiger partial charge in [0.2, 0.25) is 0 Å². The Balaban J connectivity index is 1.76. The number of rotatable bonds is 8. The minimum absolute atomic E-state index is 0.353. The lowest BCUT2D eigenvalue weighted by Crippen LogP contribution is -2.20. The van der Waals surface area contributed by atoms with Crippen molar-refractivity contribution in [3.63, 3.8) is 0 Å². The highest BCUT2D eigenvalue weighted by molar-refractivity contribution is 5.94. The molecule has 5 heteroatoms. The highest BCUT2D eigenvalue weighted by Crippen LogP contribution is 2.12. The van der Waals surface area contributed by atoms with Gasteiger partial charge in [-0.2, -0.15) is 5.26 Å². The van der Waals surface area contributed by atoms with Gasteiger partial charge in [-0.05, 0) is 54.3 Å². The van der Waals surface area contributed by atoms with E-state index in [2.05, 4.69) is 12.2 Å². The first kappa shape index (κ1) is 19.9. The summed E-state index contributed by atoms with van der Waals surface area (Å²) in [6.45, 7) is 1.80. The van der Waals surface area contributed by atoms with Gasteiger partial charge < -0.3 is 10.1 Å². The summed E-state index contributed by atoms with van der Waals surface area (Å²) in [6, 6.07) is 16.4. The molecule has 0 aliphatic carbocycles. The molecule has 5 nitrogen and oxygen atoms in total. The molecule has 0 aliphatic heterocycles. The molecule has 138 valence electrons. The standard InChI is InChI=1S/C22H22N2O3/c1-2-3-4-17-9-12-20(13-10-17)24-21(25)16-27-22(26)14-11-18-5-7-19(15-23)8-6-18/h5-14H,2-4,16H2,1H3,(H,24,25)/b14-11+. The number of benzene rings is 2. The van der Waals surface area contributed by atoms with Crippen molar-refractivity contribution in [1.82, 2.24) is 0 Å². The molecule has 0 aliphatic rings. The SMILES string of the molecule is CCCCc1ccc(NC(=O)COC(=O)/C=C/c2ccc(C#N)cc2)cc1. The second-order valence-electron chi connectivity index (χ2n) is 6.02. The molecule has 0 radical (unpaired) electrons. The highest BCUT2D eigenvalue weighted by atomic mass is 16.5. The van der Waals surface area contributed by atoms with Crippen LogP contribution in [0.1, 0.15) is 36.5 Å². The number of anilines is 1. The number of esters is 1. The molecule has 1 amide bonds. The maximum absolute atomic E-state index is 11.9. The maximum Gasteiger partial charge on any atom is 0.331 e. The summed E-state index contributed by atoms with van der Waals surface area (Å²) in [7, 11) is 0. The van der Waals surface area contributed by atoms with Crippen LogP contribution in [0.15, 0.2) is 54.6 Å². The van der Waals surface area contributed by atoms with Gasteiger partial charge in [-0.25, -0.2) is 4.79 Å². The van der Waals surface area contributed by atoms with Crippen LogP contribution in [0.5, 0.6) is 0 Å². The van der Waals surface area contributed by atoms with Crippen LogP contribution < -0.4 is 5.32 Å².